The minimum absolute atomic E-state index is 0.106. The molecule has 1 saturated carbocycles. The van der Waals surface area contributed by atoms with Gasteiger partial charge in [-0.05, 0) is 31.0 Å². The fraction of sp³-hybridized carbons (Fsp3) is 0.300. The number of aromatic nitrogens is 2. The number of pyridine rings is 1. The van der Waals surface area contributed by atoms with Crippen LogP contribution in [0.4, 0.5) is 0 Å². The van der Waals surface area contributed by atoms with E-state index in [4.69, 9.17) is 5.73 Å². The van der Waals surface area contributed by atoms with Crippen LogP contribution < -0.4 is 5.73 Å². The summed E-state index contributed by atoms with van der Waals surface area (Å²) in [5.74, 6) is 0. The Balaban J connectivity index is 2.33. The van der Waals surface area contributed by atoms with Crippen LogP contribution in [0.15, 0.2) is 30.5 Å². The molecule has 0 atom stereocenters. The van der Waals surface area contributed by atoms with E-state index in [1.807, 2.05) is 28.9 Å². The van der Waals surface area contributed by atoms with Crippen LogP contribution in [0.3, 0.4) is 0 Å². The maximum Gasteiger partial charge on any atom is 0.0665 e. The van der Waals surface area contributed by atoms with Crippen LogP contribution >= 0.6 is 0 Å². The van der Waals surface area contributed by atoms with E-state index in [0.29, 0.717) is 0 Å². The third-order valence-electron chi connectivity index (χ3n) is 2.72. The highest BCUT2D eigenvalue weighted by atomic mass is 15.2. The zero-order valence-corrected chi connectivity index (χ0v) is 7.27. The van der Waals surface area contributed by atoms with Crippen molar-refractivity contribution in [3.05, 3.63) is 36.2 Å². The second-order valence-electron chi connectivity index (χ2n) is 3.74. The maximum absolute atomic E-state index is 6.13. The summed E-state index contributed by atoms with van der Waals surface area (Å²) in [6.45, 7) is 0. The van der Waals surface area contributed by atoms with Crippen molar-refractivity contribution in [2.45, 2.75) is 18.4 Å². The second kappa shape index (κ2) is 2.12. The largest absolute Gasteiger partial charge is 0.320 e. The van der Waals surface area contributed by atoms with E-state index < -0.39 is 0 Å². The highest BCUT2D eigenvalue weighted by Gasteiger charge is 2.42. The molecule has 0 radical (unpaired) electrons. The van der Waals surface area contributed by atoms with Gasteiger partial charge in [-0.15, -0.1) is 0 Å². The smallest absolute Gasteiger partial charge is 0.0665 e. The number of nitrogens with two attached hydrogens (primary N) is 1. The van der Waals surface area contributed by atoms with Gasteiger partial charge in [0.1, 0.15) is 0 Å². The first-order valence-corrected chi connectivity index (χ1v) is 4.52. The van der Waals surface area contributed by atoms with Gasteiger partial charge in [-0.1, -0.05) is 6.07 Å². The fourth-order valence-electron chi connectivity index (χ4n) is 1.72. The monoisotopic (exact) mass is 173 g/mol. The Hall–Kier alpha value is -1.35. The second-order valence-corrected chi connectivity index (χ2v) is 3.74. The van der Waals surface area contributed by atoms with E-state index in [9.17, 15) is 0 Å². The van der Waals surface area contributed by atoms with Crippen molar-refractivity contribution in [1.82, 2.24) is 9.61 Å². The minimum Gasteiger partial charge on any atom is -0.320 e. The molecule has 0 aromatic carbocycles. The molecule has 2 aromatic heterocycles. The van der Waals surface area contributed by atoms with Crippen LogP contribution in [0.5, 0.6) is 0 Å². The van der Waals surface area contributed by atoms with Crippen LogP contribution in [-0.4, -0.2) is 9.61 Å². The van der Waals surface area contributed by atoms with E-state index >= 15 is 0 Å². The van der Waals surface area contributed by atoms with Crippen molar-refractivity contribution >= 4 is 5.52 Å². The van der Waals surface area contributed by atoms with Gasteiger partial charge in [-0.25, -0.2) is 4.52 Å². The van der Waals surface area contributed by atoms with E-state index in [1.165, 1.54) is 0 Å². The van der Waals surface area contributed by atoms with Gasteiger partial charge in [0.2, 0.25) is 0 Å². The molecule has 66 valence electrons. The Kier molecular flexibility index (Phi) is 1.15. The molecule has 0 unspecified atom stereocenters. The van der Waals surface area contributed by atoms with Gasteiger partial charge in [-0.3, -0.25) is 0 Å². The summed E-state index contributed by atoms with van der Waals surface area (Å²) in [5.41, 5.74) is 8.28. The summed E-state index contributed by atoms with van der Waals surface area (Å²) in [5, 5.41) is 4.26. The maximum atomic E-state index is 6.13. The molecule has 1 aliphatic carbocycles. The molecule has 13 heavy (non-hydrogen) atoms. The lowest BCUT2D eigenvalue weighted by Gasteiger charge is -2.10. The molecule has 0 spiro atoms. The molecule has 2 heterocycles. The summed E-state index contributed by atoms with van der Waals surface area (Å²) in [6, 6.07) is 8.14. The predicted molar refractivity (Wildman–Crippen MR) is 50.3 cm³/mol. The Labute approximate surface area is 76.2 Å². The van der Waals surface area contributed by atoms with E-state index in [-0.39, 0.29) is 5.54 Å². The summed E-state index contributed by atoms with van der Waals surface area (Å²) < 4.78 is 1.94. The molecule has 1 fully saturated rings. The predicted octanol–water partition coefficient (Wildman–Crippen LogP) is 1.28. The van der Waals surface area contributed by atoms with Crippen LogP contribution in [0.2, 0.25) is 0 Å². The molecule has 1 aliphatic rings. The Morgan fingerprint density at radius 1 is 1.31 bits per heavy atom. The van der Waals surface area contributed by atoms with Crippen molar-refractivity contribution in [3.8, 4) is 0 Å². The van der Waals surface area contributed by atoms with Crippen molar-refractivity contribution in [1.29, 1.82) is 0 Å². The summed E-state index contributed by atoms with van der Waals surface area (Å²) in [4.78, 5) is 0. The first-order valence-electron chi connectivity index (χ1n) is 4.52. The molecule has 0 aliphatic heterocycles. The molecular formula is C10H11N3. The average molecular weight is 173 g/mol. The molecule has 0 amide bonds. The van der Waals surface area contributed by atoms with Crippen LogP contribution in [0.25, 0.3) is 5.52 Å². The normalized spacial score (nSPS) is 19.2. The number of hydrogen-bond donors (Lipinski definition) is 1. The third kappa shape index (κ3) is 0.906. The fourth-order valence-corrected chi connectivity index (χ4v) is 1.72. The van der Waals surface area contributed by atoms with Gasteiger partial charge in [0.25, 0.3) is 0 Å². The molecule has 3 heteroatoms. The Morgan fingerprint density at radius 3 is 2.92 bits per heavy atom. The summed E-state index contributed by atoms with van der Waals surface area (Å²) in [7, 11) is 0. The average Bonchev–Trinajstić information content (AvgIpc) is 2.72. The minimum atomic E-state index is -0.106. The molecule has 3 nitrogen and oxygen atoms in total. The SMILES string of the molecule is NC1(c2cccc3ccnn23)CC1. The van der Waals surface area contributed by atoms with Crippen molar-refractivity contribution < 1.29 is 0 Å². The van der Waals surface area contributed by atoms with Gasteiger partial charge >= 0.3 is 0 Å². The summed E-state index contributed by atoms with van der Waals surface area (Å²) in [6.07, 6.45) is 3.96. The van der Waals surface area contributed by atoms with Crippen molar-refractivity contribution in [2.24, 2.45) is 5.73 Å². The van der Waals surface area contributed by atoms with Gasteiger partial charge < -0.3 is 5.73 Å². The lowest BCUT2D eigenvalue weighted by molar-refractivity contribution is 0.669. The molecule has 3 rings (SSSR count). The molecule has 0 saturated heterocycles. The molecule has 2 N–H and O–H groups in total. The number of nitrogens with zero attached hydrogens (tertiary/aromatic N) is 2. The van der Waals surface area contributed by atoms with Gasteiger partial charge in [0.05, 0.1) is 16.7 Å². The topological polar surface area (TPSA) is 43.3 Å². The van der Waals surface area contributed by atoms with Gasteiger partial charge in [0.15, 0.2) is 0 Å². The molecule has 0 bridgehead atoms. The van der Waals surface area contributed by atoms with Crippen molar-refractivity contribution in [2.75, 3.05) is 0 Å². The Morgan fingerprint density at radius 2 is 2.15 bits per heavy atom. The number of fused-ring (bicyclic) bond motifs is 1. The number of rotatable bonds is 1. The van der Waals surface area contributed by atoms with Crippen LogP contribution in [-0.2, 0) is 5.54 Å². The van der Waals surface area contributed by atoms with Crippen molar-refractivity contribution in [3.63, 3.8) is 0 Å². The lowest BCUT2D eigenvalue weighted by Crippen LogP contribution is -2.22. The van der Waals surface area contributed by atoms with Gasteiger partial charge in [-0.2, -0.15) is 5.10 Å². The molecular weight excluding hydrogens is 162 g/mol. The first-order chi connectivity index (χ1) is 6.30. The zero-order chi connectivity index (χ0) is 8.89. The van der Waals surface area contributed by atoms with E-state index in [1.54, 1.807) is 0 Å². The van der Waals surface area contributed by atoms with Crippen LogP contribution in [0.1, 0.15) is 18.5 Å². The molecule has 2 aromatic rings. The quantitative estimate of drug-likeness (QED) is 0.706. The first kappa shape index (κ1) is 7.09. The van der Waals surface area contributed by atoms with E-state index in [2.05, 4.69) is 11.2 Å². The van der Waals surface area contributed by atoms with E-state index in [0.717, 1.165) is 24.1 Å². The Bertz CT molecular complexity index is 454. The zero-order valence-electron chi connectivity index (χ0n) is 7.27. The highest BCUT2D eigenvalue weighted by molar-refractivity contribution is 5.47. The standard InChI is InChI=1S/C10H11N3/c11-10(5-6-10)9-3-1-2-8-4-7-12-13(8)9/h1-4,7H,5-6,11H2. The lowest BCUT2D eigenvalue weighted by atomic mass is 10.2. The number of hydrogen-bond acceptors (Lipinski definition) is 2. The third-order valence-corrected chi connectivity index (χ3v) is 2.72. The van der Waals surface area contributed by atoms with Crippen LogP contribution in [0, 0.1) is 0 Å². The highest BCUT2D eigenvalue weighted by Crippen LogP contribution is 2.42. The van der Waals surface area contributed by atoms with Gasteiger partial charge in [0, 0.05) is 6.20 Å². The summed E-state index contributed by atoms with van der Waals surface area (Å²) >= 11 is 0.